The summed E-state index contributed by atoms with van der Waals surface area (Å²) in [5.74, 6) is -0.143. The van der Waals surface area contributed by atoms with Gasteiger partial charge in [0.05, 0.1) is 6.61 Å². The summed E-state index contributed by atoms with van der Waals surface area (Å²) in [7, 11) is 0. The molecular formula is C15H22N2O2. The molecule has 0 bridgehead atoms. The van der Waals surface area contributed by atoms with E-state index < -0.39 is 0 Å². The van der Waals surface area contributed by atoms with Gasteiger partial charge in [0.25, 0.3) is 0 Å². The number of esters is 1. The first-order valence-electron chi connectivity index (χ1n) is 6.99. The van der Waals surface area contributed by atoms with Gasteiger partial charge in [-0.2, -0.15) is 0 Å². The predicted molar refractivity (Wildman–Crippen MR) is 74.9 cm³/mol. The van der Waals surface area contributed by atoms with Gasteiger partial charge in [-0.1, -0.05) is 30.3 Å². The van der Waals surface area contributed by atoms with E-state index in [1.54, 1.807) is 0 Å². The van der Waals surface area contributed by atoms with E-state index in [2.05, 4.69) is 10.2 Å². The van der Waals surface area contributed by atoms with Gasteiger partial charge >= 0.3 is 5.97 Å². The van der Waals surface area contributed by atoms with Crippen LogP contribution in [0.25, 0.3) is 0 Å². The average Bonchev–Trinajstić information content (AvgIpc) is 2.70. The molecule has 1 fully saturated rings. The summed E-state index contributed by atoms with van der Waals surface area (Å²) in [6, 6.07) is 9.63. The third-order valence-electron chi connectivity index (χ3n) is 3.36. The van der Waals surface area contributed by atoms with Crippen molar-refractivity contribution in [1.29, 1.82) is 0 Å². The zero-order valence-electron chi connectivity index (χ0n) is 11.5. The molecular weight excluding hydrogens is 240 g/mol. The first kappa shape index (κ1) is 14.0. The third kappa shape index (κ3) is 3.78. The van der Waals surface area contributed by atoms with Crippen molar-refractivity contribution < 1.29 is 9.53 Å². The number of carbonyl (C=O) groups is 1. The molecule has 1 saturated heterocycles. The molecule has 1 aliphatic heterocycles. The SMILES string of the molecule is CCOC(=O)C(c1ccccc1)N1CCCNCC1. The Balaban J connectivity index is 2.20. The monoisotopic (exact) mass is 262 g/mol. The molecule has 1 N–H and O–H groups in total. The van der Waals surface area contributed by atoms with Crippen molar-refractivity contribution in [3.63, 3.8) is 0 Å². The van der Waals surface area contributed by atoms with E-state index in [1.165, 1.54) is 0 Å². The molecule has 0 radical (unpaired) electrons. The lowest BCUT2D eigenvalue weighted by Crippen LogP contribution is -2.37. The van der Waals surface area contributed by atoms with E-state index in [0.717, 1.165) is 38.2 Å². The van der Waals surface area contributed by atoms with E-state index in [9.17, 15) is 4.79 Å². The number of carbonyl (C=O) groups excluding carboxylic acids is 1. The van der Waals surface area contributed by atoms with Crippen molar-refractivity contribution >= 4 is 5.97 Å². The van der Waals surface area contributed by atoms with Gasteiger partial charge in [0, 0.05) is 19.6 Å². The van der Waals surface area contributed by atoms with Crippen molar-refractivity contribution in [3.8, 4) is 0 Å². The quantitative estimate of drug-likeness (QED) is 0.837. The van der Waals surface area contributed by atoms with E-state index in [4.69, 9.17) is 4.74 Å². The number of nitrogens with zero attached hydrogens (tertiary/aromatic N) is 1. The Kier molecular flexibility index (Phi) is 5.36. The lowest BCUT2D eigenvalue weighted by Gasteiger charge is -2.28. The minimum atomic E-state index is -0.277. The first-order valence-corrected chi connectivity index (χ1v) is 6.99. The number of benzene rings is 1. The highest BCUT2D eigenvalue weighted by Crippen LogP contribution is 2.22. The largest absolute Gasteiger partial charge is 0.465 e. The lowest BCUT2D eigenvalue weighted by atomic mass is 10.1. The minimum absolute atomic E-state index is 0.143. The molecule has 1 aliphatic rings. The average molecular weight is 262 g/mol. The van der Waals surface area contributed by atoms with Crippen LogP contribution < -0.4 is 5.32 Å². The Bertz CT molecular complexity index is 386. The van der Waals surface area contributed by atoms with Crippen LogP contribution in [0.4, 0.5) is 0 Å². The van der Waals surface area contributed by atoms with Gasteiger partial charge in [-0.15, -0.1) is 0 Å². The molecule has 1 unspecified atom stereocenters. The van der Waals surface area contributed by atoms with Gasteiger partial charge in [0.15, 0.2) is 0 Å². The smallest absolute Gasteiger partial charge is 0.328 e. The first-order chi connectivity index (χ1) is 9.33. The minimum Gasteiger partial charge on any atom is -0.465 e. The Morgan fingerprint density at radius 1 is 1.32 bits per heavy atom. The second-order valence-electron chi connectivity index (χ2n) is 4.70. The number of ether oxygens (including phenoxy) is 1. The van der Waals surface area contributed by atoms with Gasteiger partial charge in [0.1, 0.15) is 6.04 Å². The van der Waals surface area contributed by atoms with Gasteiger partial charge in [-0.25, -0.2) is 4.79 Å². The Labute approximate surface area is 114 Å². The fourth-order valence-electron chi connectivity index (χ4n) is 2.48. The normalized spacial score (nSPS) is 18.6. The number of rotatable bonds is 4. The van der Waals surface area contributed by atoms with E-state index in [-0.39, 0.29) is 12.0 Å². The molecule has 0 amide bonds. The Hall–Kier alpha value is -1.39. The fraction of sp³-hybridized carbons (Fsp3) is 0.533. The number of hydrogen-bond donors (Lipinski definition) is 1. The van der Waals surface area contributed by atoms with Crippen LogP contribution in [0.2, 0.25) is 0 Å². The molecule has 0 spiro atoms. The van der Waals surface area contributed by atoms with Crippen LogP contribution >= 0.6 is 0 Å². The van der Waals surface area contributed by atoms with Crippen molar-refractivity contribution in [1.82, 2.24) is 10.2 Å². The molecule has 104 valence electrons. The maximum absolute atomic E-state index is 12.3. The summed E-state index contributed by atoms with van der Waals surface area (Å²) in [4.78, 5) is 14.5. The molecule has 1 heterocycles. The molecule has 2 rings (SSSR count). The van der Waals surface area contributed by atoms with E-state index in [1.807, 2.05) is 37.3 Å². The summed E-state index contributed by atoms with van der Waals surface area (Å²) in [6.45, 7) is 6.01. The van der Waals surface area contributed by atoms with Crippen LogP contribution in [0.1, 0.15) is 24.9 Å². The van der Waals surface area contributed by atoms with Crippen LogP contribution in [0.5, 0.6) is 0 Å². The van der Waals surface area contributed by atoms with Crippen molar-refractivity contribution in [3.05, 3.63) is 35.9 Å². The lowest BCUT2D eigenvalue weighted by molar-refractivity contribution is -0.149. The zero-order valence-corrected chi connectivity index (χ0v) is 11.5. The van der Waals surface area contributed by atoms with Gasteiger partial charge in [-0.05, 0) is 25.5 Å². The molecule has 1 atom stereocenters. The molecule has 0 aliphatic carbocycles. The highest BCUT2D eigenvalue weighted by Gasteiger charge is 2.28. The highest BCUT2D eigenvalue weighted by atomic mass is 16.5. The molecule has 0 aromatic heterocycles. The Morgan fingerprint density at radius 3 is 2.84 bits per heavy atom. The van der Waals surface area contributed by atoms with Crippen molar-refractivity contribution in [2.45, 2.75) is 19.4 Å². The number of hydrogen-bond acceptors (Lipinski definition) is 4. The Morgan fingerprint density at radius 2 is 2.11 bits per heavy atom. The second-order valence-corrected chi connectivity index (χ2v) is 4.70. The molecule has 19 heavy (non-hydrogen) atoms. The maximum atomic E-state index is 12.3. The zero-order chi connectivity index (χ0) is 13.5. The number of nitrogens with one attached hydrogen (secondary N) is 1. The summed E-state index contributed by atoms with van der Waals surface area (Å²) in [5.41, 5.74) is 1.02. The molecule has 4 nitrogen and oxygen atoms in total. The topological polar surface area (TPSA) is 41.6 Å². The van der Waals surface area contributed by atoms with Gasteiger partial charge in [-0.3, -0.25) is 4.90 Å². The summed E-state index contributed by atoms with van der Waals surface area (Å²) >= 11 is 0. The van der Waals surface area contributed by atoms with Crippen LogP contribution in [0.15, 0.2) is 30.3 Å². The fourth-order valence-corrected chi connectivity index (χ4v) is 2.48. The molecule has 1 aromatic carbocycles. The van der Waals surface area contributed by atoms with Gasteiger partial charge < -0.3 is 10.1 Å². The van der Waals surface area contributed by atoms with Crippen LogP contribution in [0, 0.1) is 0 Å². The molecule has 0 saturated carbocycles. The second kappa shape index (κ2) is 7.26. The van der Waals surface area contributed by atoms with E-state index in [0.29, 0.717) is 6.61 Å². The predicted octanol–water partition coefficient (Wildman–Crippen LogP) is 1.59. The van der Waals surface area contributed by atoms with E-state index >= 15 is 0 Å². The third-order valence-corrected chi connectivity index (χ3v) is 3.36. The standard InChI is InChI=1S/C15H22N2O2/c1-2-19-15(18)14(13-7-4-3-5-8-13)17-11-6-9-16-10-12-17/h3-5,7-8,14,16H,2,6,9-12H2,1H3. The van der Waals surface area contributed by atoms with Crippen LogP contribution in [-0.2, 0) is 9.53 Å². The van der Waals surface area contributed by atoms with Crippen LogP contribution in [-0.4, -0.2) is 43.7 Å². The molecule has 1 aromatic rings. The van der Waals surface area contributed by atoms with Crippen molar-refractivity contribution in [2.75, 3.05) is 32.8 Å². The maximum Gasteiger partial charge on any atom is 0.328 e. The summed E-state index contributed by atoms with van der Waals surface area (Å²) in [6.07, 6.45) is 1.06. The van der Waals surface area contributed by atoms with Crippen LogP contribution in [0.3, 0.4) is 0 Å². The molecule has 4 heteroatoms. The van der Waals surface area contributed by atoms with Crippen molar-refractivity contribution in [2.24, 2.45) is 0 Å². The summed E-state index contributed by atoms with van der Waals surface area (Å²) < 4.78 is 5.25. The highest BCUT2D eigenvalue weighted by molar-refractivity contribution is 5.77. The summed E-state index contributed by atoms with van der Waals surface area (Å²) in [5, 5.41) is 3.36. The van der Waals surface area contributed by atoms with Gasteiger partial charge in [0.2, 0.25) is 0 Å².